The van der Waals surface area contributed by atoms with Crippen molar-refractivity contribution in [1.82, 2.24) is 0 Å². The van der Waals surface area contributed by atoms with Crippen LogP contribution in [-0.4, -0.2) is 55.4 Å². The summed E-state index contributed by atoms with van der Waals surface area (Å²) in [5.41, 5.74) is 0.857. The SMILES string of the molecule is COC[C@@H](OC)[C@H](OC)c1cc(OC)c(OC)c(OC)c1. The van der Waals surface area contributed by atoms with E-state index in [4.69, 9.17) is 28.4 Å². The molecule has 0 aromatic heterocycles. The maximum absolute atomic E-state index is 5.56. The van der Waals surface area contributed by atoms with E-state index in [1.165, 1.54) is 0 Å². The molecule has 0 saturated carbocycles. The van der Waals surface area contributed by atoms with Crippen molar-refractivity contribution in [3.63, 3.8) is 0 Å². The maximum atomic E-state index is 5.56. The standard InChI is InChI=1S/C15H24O6/c1-16-9-13(19-4)14(20-5)10-7-11(17-2)15(21-6)12(8-10)18-3/h7-8,13-14H,9H2,1-6H3/t13-,14-/m1/s1. The summed E-state index contributed by atoms with van der Waals surface area (Å²) in [4.78, 5) is 0. The van der Waals surface area contributed by atoms with Gasteiger partial charge in [-0.2, -0.15) is 0 Å². The van der Waals surface area contributed by atoms with Crippen molar-refractivity contribution in [3.8, 4) is 17.2 Å². The second-order valence-corrected chi connectivity index (χ2v) is 4.34. The van der Waals surface area contributed by atoms with E-state index in [2.05, 4.69) is 0 Å². The zero-order valence-corrected chi connectivity index (χ0v) is 13.5. The first kappa shape index (κ1) is 17.6. The average Bonchev–Trinajstić information content (AvgIpc) is 2.53. The molecule has 1 aromatic carbocycles. The summed E-state index contributed by atoms with van der Waals surface area (Å²) in [7, 11) is 9.57. The molecule has 0 saturated heterocycles. The Morgan fingerprint density at radius 1 is 0.810 bits per heavy atom. The molecule has 0 fully saturated rings. The monoisotopic (exact) mass is 300 g/mol. The van der Waals surface area contributed by atoms with Crippen molar-refractivity contribution in [2.45, 2.75) is 12.2 Å². The summed E-state index contributed by atoms with van der Waals surface area (Å²) >= 11 is 0. The highest BCUT2D eigenvalue weighted by Crippen LogP contribution is 2.41. The predicted molar refractivity (Wildman–Crippen MR) is 78.5 cm³/mol. The molecule has 0 heterocycles. The zero-order valence-electron chi connectivity index (χ0n) is 13.5. The molecule has 120 valence electrons. The molecule has 0 unspecified atom stereocenters. The average molecular weight is 300 g/mol. The van der Waals surface area contributed by atoms with Crippen LogP contribution in [-0.2, 0) is 14.2 Å². The van der Waals surface area contributed by atoms with Crippen LogP contribution in [0.25, 0.3) is 0 Å². The van der Waals surface area contributed by atoms with Crippen LogP contribution in [0.5, 0.6) is 17.2 Å². The quantitative estimate of drug-likeness (QED) is 0.696. The van der Waals surface area contributed by atoms with Crippen molar-refractivity contribution >= 4 is 0 Å². The molecule has 0 spiro atoms. The fourth-order valence-corrected chi connectivity index (χ4v) is 2.21. The van der Waals surface area contributed by atoms with Crippen LogP contribution in [0.15, 0.2) is 12.1 Å². The Bertz CT molecular complexity index is 409. The Morgan fingerprint density at radius 2 is 1.38 bits per heavy atom. The Balaban J connectivity index is 3.26. The van der Waals surface area contributed by atoms with Crippen LogP contribution < -0.4 is 14.2 Å². The summed E-state index contributed by atoms with van der Waals surface area (Å²) in [6, 6.07) is 3.69. The summed E-state index contributed by atoms with van der Waals surface area (Å²) < 4.78 is 32.2. The molecule has 0 bridgehead atoms. The zero-order chi connectivity index (χ0) is 15.8. The van der Waals surface area contributed by atoms with Crippen LogP contribution in [0, 0.1) is 0 Å². The van der Waals surface area contributed by atoms with Gasteiger partial charge in [0.15, 0.2) is 11.5 Å². The van der Waals surface area contributed by atoms with E-state index in [1.807, 2.05) is 12.1 Å². The van der Waals surface area contributed by atoms with E-state index in [-0.39, 0.29) is 12.2 Å². The summed E-state index contributed by atoms with van der Waals surface area (Å²) in [5.74, 6) is 1.68. The third-order valence-corrected chi connectivity index (χ3v) is 3.24. The van der Waals surface area contributed by atoms with Gasteiger partial charge in [0.25, 0.3) is 0 Å². The van der Waals surface area contributed by atoms with Gasteiger partial charge in [-0.3, -0.25) is 0 Å². The Kier molecular flexibility index (Phi) is 7.28. The summed E-state index contributed by atoms with van der Waals surface area (Å²) in [6.07, 6.45) is -0.563. The van der Waals surface area contributed by atoms with Crippen LogP contribution in [0.2, 0.25) is 0 Å². The van der Waals surface area contributed by atoms with Gasteiger partial charge in [0.05, 0.1) is 27.9 Å². The lowest BCUT2D eigenvalue weighted by atomic mass is 10.0. The van der Waals surface area contributed by atoms with Crippen molar-refractivity contribution < 1.29 is 28.4 Å². The Morgan fingerprint density at radius 3 is 1.71 bits per heavy atom. The van der Waals surface area contributed by atoms with E-state index in [0.717, 1.165) is 5.56 Å². The molecule has 0 N–H and O–H groups in total. The second-order valence-electron chi connectivity index (χ2n) is 4.34. The first-order valence-electron chi connectivity index (χ1n) is 6.51. The number of rotatable bonds is 9. The van der Waals surface area contributed by atoms with Gasteiger partial charge in [-0.1, -0.05) is 0 Å². The van der Waals surface area contributed by atoms with Crippen LogP contribution in [0.4, 0.5) is 0 Å². The lowest BCUT2D eigenvalue weighted by Crippen LogP contribution is -2.27. The van der Waals surface area contributed by atoms with Gasteiger partial charge in [0.2, 0.25) is 5.75 Å². The predicted octanol–water partition coefficient (Wildman–Crippen LogP) is 2.06. The van der Waals surface area contributed by atoms with E-state index in [9.17, 15) is 0 Å². The van der Waals surface area contributed by atoms with Crippen molar-refractivity contribution in [1.29, 1.82) is 0 Å². The first-order chi connectivity index (χ1) is 10.2. The largest absolute Gasteiger partial charge is 0.493 e. The second kappa shape index (κ2) is 8.71. The molecule has 6 nitrogen and oxygen atoms in total. The van der Waals surface area contributed by atoms with E-state index >= 15 is 0 Å². The topological polar surface area (TPSA) is 55.4 Å². The molecular weight excluding hydrogens is 276 g/mol. The Labute approximate surface area is 125 Å². The molecule has 1 rings (SSSR count). The number of hydrogen-bond acceptors (Lipinski definition) is 6. The Hall–Kier alpha value is -1.50. The molecule has 0 amide bonds. The molecule has 0 aliphatic heterocycles. The lowest BCUT2D eigenvalue weighted by Gasteiger charge is -2.26. The van der Waals surface area contributed by atoms with Gasteiger partial charge < -0.3 is 28.4 Å². The molecule has 2 atom stereocenters. The highest BCUT2D eigenvalue weighted by Gasteiger charge is 2.26. The molecule has 0 aliphatic carbocycles. The van der Waals surface area contributed by atoms with E-state index < -0.39 is 0 Å². The fourth-order valence-electron chi connectivity index (χ4n) is 2.21. The van der Waals surface area contributed by atoms with Crippen LogP contribution >= 0.6 is 0 Å². The summed E-state index contributed by atoms with van der Waals surface area (Å²) in [5, 5.41) is 0. The van der Waals surface area contributed by atoms with Gasteiger partial charge in [-0.25, -0.2) is 0 Å². The van der Waals surface area contributed by atoms with E-state index in [1.54, 1.807) is 42.7 Å². The first-order valence-corrected chi connectivity index (χ1v) is 6.51. The minimum atomic E-state index is -0.316. The third-order valence-electron chi connectivity index (χ3n) is 3.24. The number of ether oxygens (including phenoxy) is 6. The number of hydrogen-bond donors (Lipinski definition) is 0. The fraction of sp³-hybridized carbons (Fsp3) is 0.600. The van der Waals surface area contributed by atoms with Crippen molar-refractivity contribution in [3.05, 3.63) is 17.7 Å². The van der Waals surface area contributed by atoms with E-state index in [0.29, 0.717) is 23.9 Å². The van der Waals surface area contributed by atoms with Gasteiger partial charge in [-0.15, -0.1) is 0 Å². The molecule has 21 heavy (non-hydrogen) atoms. The third kappa shape index (κ3) is 4.00. The van der Waals surface area contributed by atoms with Gasteiger partial charge in [0.1, 0.15) is 12.2 Å². The van der Waals surface area contributed by atoms with Gasteiger partial charge in [0, 0.05) is 21.3 Å². The minimum absolute atomic E-state index is 0.247. The van der Waals surface area contributed by atoms with Crippen LogP contribution in [0.1, 0.15) is 11.7 Å². The number of methoxy groups -OCH3 is 6. The highest BCUT2D eigenvalue weighted by atomic mass is 16.6. The normalized spacial score (nSPS) is 13.6. The number of benzene rings is 1. The highest BCUT2D eigenvalue weighted by molar-refractivity contribution is 5.54. The molecule has 0 aliphatic rings. The lowest BCUT2D eigenvalue weighted by molar-refractivity contribution is -0.0697. The smallest absolute Gasteiger partial charge is 0.203 e. The van der Waals surface area contributed by atoms with Crippen molar-refractivity contribution in [2.75, 3.05) is 49.3 Å². The van der Waals surface area contributed by atoms with Crippen LogP contribution in [0.3, 0.4) is 0 Å². The molecule has 1 aromatic rings. The molecule has 0 radical (unpaired) electrons. The maximum Gasteiger partial charge on any atom is 0.203 e. The van der Waals surface area contributed by atoms with Gasteiger partial charge >= 0.3 is 0 Å². The summed E-state index contributed by atoms with van der Waals surface area (Å²) in [6.45, 7) is 0.408. The molecular formula is C15H24O6. The molecule has 6 heteroatoms. The van der Waals surface area contributed by atoms with Crippen molar-refractivity contribution in [2.24, 2.45) is 0 Å². The minimum Gasteiger partial charge on any atom is -0.493 e. The van der Waals surface area contributed by atoms with Gasteiger partial charge in [-0.05, 0) is 17.7 Å².